The van der Waals surface area contributed by atoms with Crippen molar-refractivity contribution in [2.24, 2.45) is 0 Å². The molecule has 1 amide bonds. The Kier molecular flexibility index (Phi) is 3.09. The van der Waals surface area contributed by atoms with E-state index in [0.717, 1.165) is 0 Å². The van der Waals surface area contributed by atoms with Gasteiger partial charge in [0.25, 0.3) is 5.91 Å². The lowest BCUT2D eigenvalue weighted by Crippen LogP contribution is -2.41. The molecule has 7 nitrogen and oxygen atoms in total. The molecule has 3 heterocycles. The molecule has 0 radical (unpaired) electrons. The fourth-order valence-corrected chi connectivity index (χ4v) is 4.40. The molecule has 0 spiro atoms. The number of carbonyl (C=O) groups excluding carboxylic acids is 1. The zero-order chi connectivity index (χ0) is 14.5. The van der Waals surface area contributed by atoms with Crippen LogP contribution in [-0.2, 0) is 10.0 Å². The van der Waals surface area contributed by atoms with Crippen LogP contribution in [0.2, 0.25) is 0 Å². The van der Waals surface area contributed by atoms with Gasteiger partial charge in [-0.05, 0) is 19.8 Å². The number of carbonyl (C=O) groups is 1. The van der Waals surface area contributed by atoms with E-state index in [1.165, 1.54) is 10.6 Å². The highest BCUT2D eigenvalue weighted by Gasteiger charge is 2.47. The largest absolute Gasteiger partial charge is 0.361 e. The molecule has 8 heteroatoms. The Labute approximate surface area is 117 Å². The normalized spacial score (nSPS) is 27.0. The number of nitrogens with zero attached hydrogens (tertiary/aromatic N) is 3. The lowest BCUT2D eigenvalue weighted by atomic mass is 10.1. The molecule has 0 bridgehead atoms. The van der Waals surface area contributed by atoms with Crippen molar-refractivity contribution in [2.75, 3.05) is 19.3 Å². The quantitative estimate of drug-likeness (QED) is 0.780. The molecule has 2 aliphatic rings. The van der Waals surface area contributed by atoms with Gasteiger partial charge in [0.1, 0.15) is 5.76 Å². The molecule has 20 heavy (non-hydrogen) atoms. The zero-order valence-electron chi connectivity index (χ0n) is 11.4. The molecule has 0 aromatic carbocycles. The molecule has 2 atom stereocenters. The second-order valence-corrected chi connectivity index (χ2v) is 7.34. The van der Waals surface area contributed by atoms with Crippen molar-refractivity contribution >= 4 is 15.9 Å². The standard InChI is InChI=1S/C12H17N3O4S/c1-8-7-9(13-19-8)12(16)14-5-3-11-10(14)4-6-15(11)20(2,17)18/h7,10-11H,3-6H2,1-2H3/t10-,11-/m1/s1. The number of hydrogen-bond acceptors (Lipinski definition) is 5. The number of aryl methyl sites for hydroxylation is 1. The van der Waals surface area contributed by atoms with E-state index in [4.69, 9.17) is 4.52 Å². The van der Waals surface area contributed by atoms with E-state index in [1.807, 2.05) is 0 Å². The van der Waals surface area contributed by atoms with Gasteiger partial charge >= 0.3 is 0 Å². The molecule has 0 N–H and O–H groups in total. The first-order valence-electron chi connectivity index (χ1n) is 6.59. The van der Waals surface area contributed by atoms with Gasteiger partial charge < -0.3 is 9.42 Å². The van der Waals surface area contributed by atoms with Crippen LogP contribution in [0.1, 0.15) is 29.1 Å². The van der Waals surface area contributed by atoms with Crippen LogP contribution in [0.5, 0.6) is 0 Å². The Bertz CT molecular complexity index is 639. The summed E-state index contributed by atoms with van der Waals surface area (Å²) in [5.74, 6) is 0.415. The molecule has 110 valence electrons. The highest BCUT2D eigenvalue weighted by molar-refractivity contribution is 7.88. The first-order valence-corrected chi connectivity index (χ1v) is 8.44. The van der Waals surface area contributed by atoms with Gasteiger partial charge in [-0.2, -0.15) is 4.31 Å². The Morgan fingerprint density at radius 1 is 1.35 bits per heavy atom. The Morgan fingerprint density at radius 3 is 2.65 bits per heavy atom. The summed E-state index contributed by atoms with van der Waals surface area (Å²) in [4.78, 5) is 14.1. The molecule has 3 rings (SSSR count). The minimum atomic E-state index is -3.21. The van der Waals surface area contributed by atoms with E-state index in [2.05, 4.69) is 5.16 Å². The van der Waals surface area contributed by atoms with Crippen molar-refractivity contribution in [3.63, 3.8) is 0 Å². The van der Waals surface area contributed by atoms with E-state index in [9.17, 15) is 13.2 Å². The molecule has 0 aliphatic carbocycles. The molecule has 0 unspecified atom stereocenters. The van der Waals surface area contributed by atoms with Crippen molar-refractivity contribution in [3.8, 4) is 0 Å². The lowest BCUT2D eigenvalue weighted by Gasteiger charge is -2.23. The lowest BCUT2D eigenvalue weighted by molar-refractivity contribution is 0.0724. The van der Waals surface area contributed by atoms with E-state index in [0.29, 0.717) is 37.4 Å². The second-order valence-electron chi connectivity index (χ2n) is 5.41. The number of sulfonamides is 1. The van der Waals surface area contributed by atoms with Crippen molar-refractivity contribution in [3.05, 3.63) is 17.5 Å². The van der Waals surface area contributed by atoms with Gasteiger partial charge in [0.2, 0.25) is 10.0 Å². The maximum atomic E-state index is 12.4. The van der Waals surface area contributed by atoms with E-state index >= 15 is 0 Å². The highest BCUT2D eigenvalue weighted by Crippen LogP contribution is 2.33. The Balaban J connectivity index is 1.80. The van der Waals surface area contributed by atoms with E-state index in [1.54, 1.807) is 17.9 Å². The predicted octanol–water partition coefficient (Wildman–Crippen LogP) is 0.231. The SMILES string of the molecule is Cc1cc(C(=O)N2CC[C@@H]3[C@H]2CCN3S(C)(=O)=O)no1. The molecule has 2 saturated heterocycles. The molecule has 1 aromatic rings. The van der Waals surface area contributed by atoms with Crippen LogP contribution in [0.3, 0.4) is 0 Å². The summed E-state index contributed by atoms with van der Waals surface area (Å²) < 4.78 is 29.9. The van der Waals surface area contributed by atoms with Crippen LogP contribution in [0.4, 0.5) is 0 Å². The molecular formula is C12H17N3O4S. The number of rotatable bonds is 2. The van der Waals surface area contributed by atoms with Crippen molar-refractivity contribution in [1.82, 2.24) is 14.4 Å². The third kappa shape index (κ3) is 2.12. The second kappa shape index (κ2) is 4.56. The summed E-state index contributed by atoms with van der Waals surface area (Å²) in [7, 11) is -3.21. The minimum Gasteiger partial charge on any atom is -0.361 e. The first kappa shape index (κ1) is 13.6. The van der Waals surface area contributed by atoms with Crippen LogP contribution in [-0.4, -0.2) is 60.1 Å². The van der Waals surface area contributed by atoms with Crippen LogP contribution in [0.25, 0.3) is 0 Å². The summed E-state index contributed by atoms with van der Waals surface area (Å²) in [6.07, 6.45) is 2.58. The number of fused-ring (bicyclic) bond motifs is 1. The zero-order valence-corrected chi connectivity index (χ0v) is 12.3. The maximum absolute atomic E-state index is 12.4. The first-order chi connectivity index (χ1) is 9.38. The van der Waals surface area contributed by atoms with Crippen molar-refractivity contribution < 1.29 is 17.7 Å². The van der Waals surface area contributed by atoms with Gasteiger partial charge in [0.15, 0.2) is 5.69 Å². The van der Waals surface area contributed by atoms with Gasteiger partial charge in [0.05, 0.1) is 12.3 Å². The molecule has 2 aliphatic heterocycles. The number of amides is 1. The fourth-order valence-electron chi connectivity index (χ4n) is 3.22. The molecular weight excluding hydrogens is 282 g/mol. The summed E-state index contributed by atoms with van der Waals surface area (Å²) in [6, 6.07) is 1.47. The Morgan fingerprint density at radius 2 is 2.05 bits per heavy atom. The summed E-state index contributed by atoms with van der Waals surface area (Å²) in [6.45, 7) is 2.78. The fraction of sp³-hybridized carbons (Fsp3) is 0.667. The van der Waals surface area contributed by atoms with Gasteiger partial charge in [-0.15, -0.1) is 0 Å². The van der Waals surface area contributed by atoms with Gasteiger partial charge in [-0.3, -0.25) is 4.79 Å². The third-order valence-electron chi connectivity index (χ3n) is 4.06. The van der Waals surface area contributed by atoms with E-state index in [-0.39, 0.29) is 18.0 Å². The maximum Gasteiger partial charge on any atom is 0.276 e. The van der Waals surface area contributed by atoms with Crippen LogP contribution in [0, 0.1) is 6.92 Å². The predicted molar refractivity (Wildman–Crippen MR) is 70.6 cm³/mol. The smallest absolute Gasteiger partial charge is 0.276 e. The highest BCUT2D eigenvalue weighted by atomic mass is 32.2. The molecule has 2 fully saturated rings. The number of aromatic nitrogens is 1. The number of hydrogen-bond donors (Lipinski definition) is 0. The number of likely N-dealkylation sites (tertiary alicyclic amines) is 1. The van der Waals surface area contributed by atoms with Gasteiger partial charge in [0, 0.05) is 25.2 Å². The summed E-state index contributed by atoms with van der Waals surface area (Å²) in [5, 5.41) is 3.74. The monoisotopic (exact) mass is 299 g/mol. The van der Waals surface area contributed by atoms with Crippen molar-refractivity contribution in [2.45, 2.75) is 31.8 Å². The van der Waals surface area contributed by atoms with Gasteiger partial charge in [-0.1, -0.05) is 5.16 Å². The average Bonchev–Trinajstić information content (AvgIpc) is 3.00. The topological polar surface area (TPSA) is 83.7 Å². The van der Waals surface area contributed by atoms with Crippen molar-refractivity contribution in [1.29, 1.82) is 0 Å². The van der Waals surface area contributed by atoms with Gasteiger partial charge in [-0.25, -0.2) is 8.42 Å². The molecule has 1 aromatic heterocycles. The summed E-state index contributed by atoms with van der Waals surface area (Å²) >= 11 is 0. The van der Waals surface area contributed by atoms with Crippen LogP contribution >= 0.6 is 0 Å². The average molecular weight is 299 g/mol. The molecule has 0 saturated carbocycles. The Hall–Kier alpha value is -1.41. The van der Waals surface area contributed by atoms with Crippen LogP contribution < -0.4 is 0 Å². The third-order valence-corrected chi connectivity index (χ3v) is 5.36. The van der Waals surface area contributed by atoms with Crippen LogP contribution in [0.15, 0.2) is 10.6 Å². The minimum absolute atomic E-state index is 0.0470. The summed E-state index contributed by atoms with van der Waals surface area (Å²) in [5.41, 5.74) is 0.293. The van der Waals surface area contributed by atoms with E-state index < -0.39 is 10.0 Å².